The van der Waals surface area contributed by atoms with Gasteiger partial charge in [0.25, 0.3) is 5.95 Å². The van der Waals surface area contributed by atoms with Gasteiger partial charge in [0.1, 0.15) is 5.75 Å². The molecule has 0 amide bonds. The van der Waals surface area contributed by atoms with Gasteiger partial charge in [0.05, 0.1) is 7.11 Å². The molecule has 0 aliphatic heterocycles. The highest BCUT2D eigenvalue weighted by molar-refractivity contribution is 7.98. The summed E-state index contributed by atoms with van der Waals surface area (Å²) in [6, 6.07) is 5.91. The molecule has 1 aromatic carbocycles. The first-order valence-corrected chi connectivity index (χ1v) is 8.70. The molecule has 0 atom stereocenters. The lowest BCUT2D eigenvalue weighted by Crippen LogP contribution is -2.22. The summed E-state index contributed by atoms with van der Waals surface area (Å²) in [6.07, 6.45) is 1.88. The van der Waals surface area contributed by atoms with Gasteiger partial charge < -0.3 is 10.1 Å². The molecule has 7 nitrogen and oxygen atoms in total. The molecule has 0 fully saturated rings. The van der Waals surface area contributed by atoms with Crippen LogP contribution in [0.4, 0.5) is 11.6 Å². The highest BCUT2D eigenvalue weighted by Gasteiger charge is 2.09. The highest BCUT2D eigenvalue weighted by atomic mass is 32.2. The van der Waals surface area contributed by atoms with Crippen molar-refractivity contribution in [1.29, 1.82) is 0 Å². The van der Waals surface area contributed by atoms with Crippen molar-refractivity contribution in [2.24, 2.45) is 0 Å². The van der Waals surface area contributed by atoms with Crippen molar-refractivity contribution in [2.75, 3.05) is 31.8 Å². The van der Waals surface area contributed by atoms with Gasteiger partial charge in [0.15, 0.2) is 0 Å². The molecule has 0 bridgehead atoms. The van der Waals surface area contributed by atoms with Gasteiger partial charge in [-0.05, 0) is 37.5 Å². The van der Waals surface area contributed by atoms with E-state index in [0.717, 1.165) is 36.6 Å². The quantitative estimate of drug-likeness (QED) is 0.738. The fourth-order valence-corrected chi connectivity index (χ4v) is 2.39. The molecular formula is C15H22N6OS. The molecule has 1 aromatic heterocycles. The second-order valence-electron chi connectivity index (χ2n) is 4.82. The minimum Gasteiger partial charge on any atom is -0.496 e. The van der Waals surface area contributed by atoms with Gasteiger partial charge in [-0.3, -0.25) is 4.90 Å². The Kier molecular flexibility index (Phi) is 6.54. The summed E-state index contributed by atoms with van der Waals surface area (Å²) in [6.45, 7) is 7.11. The lowest BCUT2D eigenvalue weighted by atomic mass is 10.1. The van der Waals surface area contributed by atoms with Gasteiger partial charge in [-0.15, -0.1) is 20.4 Å². The van der Waals surface area contributed by atoms with Crippen molar-refractivity contribution in [2.45, 2.75) is 25.5 Å². The van der Waals surface area contributed by atoms with Crippen LogP contribution in [-0.2, 0) is 6.54 Å². The van der Waals surface area contributed by atoms with Crippen molar-refractivity contribution < 1.29 is 4.74 Å². The average molecular weight is 334 g/mol. The molecule has 2 aromatic rings. The average Bonchev–Trinajstić information content (AvgIpc) is 2.60. The summed E-state index contributed by atoms with van der Waals surface area (Å²) >= 11 is 1.41. The minimum atomic E-state index is 0.377. The first-order valence-electron chi connectivity index (χ1n) is 7.47. The zero-order valence-electron chi connectivity index (χ0n) is 13.9. The van der Waals surface area contributed by atoms with Gasteiger partial charge in [0.2, 0.25) is 5.16 Å². The van der Waals surface area contributed by atoms with Gasteiger partial charge in [-0.25, -0.2) is 0 Å². The lowest BCUT2D eigenvalue weighted by Gasteiger charge is -2.20. The van der Waals surface area contributed by atoms with Crippen molar-refractivity contribution in [1.82, 2.24) is 25.3 Å². The van der Waals surface area contributed by atoms with E-state index < -0.39 is 0 Å². The molecule has 0 radical (unpaired) electrons. The van der Waals surface area contributed by atoms with E-state index in [0.29, 0.717) is 11.1 Å². The van der Waals surface area contributed by atoms with Crippen molar-refractivity contribution >= 4 is 23.4 Å². The van der Waals surface area contributed by atoms with Crippen LogP contribution in [0.2, 0.25) is 0 Å². The fraction of sp³-hybridized carbons (Fsp3) is 0.467. The summed E-state index contributed by atoms with van der Waals surface area (Å²) in [7, 11) is 1.69. The number of nitrogens with zero attached hydrogens (tertiary/aromatic N) is 5. The van der Waals surface area contributed by atoms with Crippen LogP contribution in [0.5, 0.6) is 5.75 Å². The molecule has 2 rings (SSSR count). The summed E-state index contributed by atoms with van der Waals surface area (Å²) in [5.74, 6) is 1.25. The number of benzene rings is 1. The number of thioether (sulfide) groups is 1. The monoisotopic (exact) mass is 334 g/mol. The third kappa shape index (κ3) is 4.77. The standard InChI is InChI=1S/C15H22N6OS/c1-5-21(6-2)10-11-9-12(7-8-13(11)22-3)16-14-17-19-15(23-4)20-18-14/h7-9H,5-6,10H2,1-4H3,(H,16,17,18). The van der Waals surface area contributed by atoms with E-state index in [4.69, 9.17) is 4.74 Å². The topological polar surface area (TPSA) is 76.1 Å². The molecule has 0 saturated carbocycles. The number of anilines is 2. The predicted octanol–water partition coefficient (Wildman–Crippen LogP) is 2.58. The Bertz CT molecular complexity index is 618. The third-order valence-corrected chi connectivity index (χ3v) is 4.00. The second-order valence-corrected chi connectivity index (χ2v) is 5.60. The van der Waals surface area contributed by atoms with Crippen LogP contribution in [0.25, 0.3) is 0 Å². The molecule has 0 aliphatic rings. The number of aromatic nitrogens is 4. The Balaban J connectivity index is 2.18. The Morgan fingerprint density at radius 3 is 2.39 bits per heavy atom. The third-order valence-electron chi connectivity index (χ3n) is 3.47. The lowest BCUT2D eigenvalue weighted by molar-refractivity contribution is 0.289. The zero-order valence-corrected chi connectivity index (χ0v) is 14.7. The first-order chi connectivity index (χ1) is 11.2. The number of nitrogens with one attached hydrogen (secondary N) is 1. The van der Waals surface area contributed by atoms with Gasteiger partial charge in [-0.1, -0.05) is 25.6 Å². The van der Waals surface area contributed by atoms with Crippen molar-refractivity contribution in [3.8, 4) is 5.75 Å². The molecule has 0 unspecified atom stereocenters. The van der Waals surface area contributed by atoms with Gasteiger partial charge >= 0.3 is 0 Å². The number of hydrogen-bond acceptors (Lipinski definition) is 8. The molecule has 8 heteroatoms. The minimum absolute atomic E-state index is 0.377. The summed E-state index contributed by atoms with van der Waals surface area (Å²) in [5.41, 5.74) is 2.00. The summed E-state index contributed by atoms with van der Waals surface area (Å²) in [4.78, 5) is 2.33. The number of hydrogen-bond donors (Lipinski definition) is 1. The SMILES string of the molecule is CCN(CC)Cc1cc(Nc2nnc(SC)nn2)ccc1OC. The molecule has 0 spiro atoms. The smallest absolute Gasteiger partial charge is 0.266 e. The van der Waals surface area contributed by atoms with E-state index in [1.54, 1.807) is 7.11 Å². The number of methoxy groups -OCH3 is 1. The zero-order chi connectivity index (χ0) is 16.7. The maximum absolute atomic E-state index is 5.46. The van der Waals surface area contributed by atoms with Crippen LogP contribution in [0.15, 0.2) is 23.4 Å². The van der Waals surface area contributed by atoms with E-state index in [9.17, 15) is 0 Å². The molecule has 1 heterocycles. The molecule has 23 heavy (non-hydrogen) atoms. The fourth-order valence-electron chi connectivity index (χ4n) is 2.15. The van der Waals surface area contributed by atoms with Crippen LogP contribution >= 0.6 is 11.8 Å². The second kappa shape index (κ2) is 8.64. The highest BCUT2D eigenvalue weighted by Crippen LogP contribution is 2.25. The van der Waals surface area contributed by atoms with Gasteiger partial charge in [-0.2, -0.15) is 0 Å². The van der Waals surface area contributed by atoms with Crippen molar-refractivity contribution in [3.63, 3.8) is 0 Å². The molecule has 0 aliphatic carbocycles. The molecular weight excluding hydrogens is 312 g/mol. The molecule has 1 N–H and O–H groups in total. The van der Waals surface area contributed by atoms with Crippen LogP contribution in [0, 0.1) is 0 Å². The van der Waals surface area contributed by atoms with Crippen LogP contribution in [0.3, 0.4) is 0 Å². The van der Waals surface area contributed by atoms with Crippen LogP contribution in [-0.4, -0.2) is 51.7 Å². The maximum atomic E-state index is 5.46. The Hall–Kier alpha value is -1.93. The molecule has 124 valence electrons. The maximum Gasteiger partial charge on any atom is 0.266 e. The van der Waals surface area contributed by atoms with Crippen LogP contribution in [0.1, 0.15) is 19.4 Å². The van der Waals surface area contributed by atoms with E-state index in [2.05, 4.69) is 44.5 Å². The largest absolute Gasteiger partial charge is 0.496 e. The predicted molar refractivity (Wildman–Crippen MR) is 92.3 cm³/mol. The summed E-state index contributed by atoms with van der Waals surface area (Å²) in [5, 5.41) is 19.6. The normalized spacial score (nSPS) is 10.8. The Labute approximate surface area is 140 Å². The number of rotatable bonds is 8. The van der Waals surface area contributed by atoms with E-state index in [1.807, 2.05) is 24.5 Å². The van der Waals surface area contributed by atoms with Crippen molar-refractivity contribution in [3.05, 3.63) is 23.8 Å². The number of ether oxygens (including phenoxy) is 1. The first kappa shape index (κ1) is 17.4. The van der Waals surface area contributed by atoms with Gasteiger partial charge in [0, 0.05) is 17.8 Å². The van der Waals surface area contributed by atoms with E-state index in [-0.39, 0.29) is 0 Å². The van der Waals surface area contributed by atoms with E-state index in [1.165, 1.54) is 11.8 Å². The van der Waals surface area contributed by atoms with E-state index >= 15 is 0 Å². The summed E-state index contributed by atoms with van der Waals surface area (Å²) < 4.78 is 5.46. The molecule has 0 saturated heterocycles. The van der Waals surface area contributed by atoms with Crippen LogP contribution < -0.4 is 10.1 Å². The Morgan fingerprint density at radius 2 is 1.83 bits per heavy atom. The Morgan fingerprint density at radius 1 is 1.13 bits per heavy atom.